The normalized spacial score (nSPS) is 17.2. The molecule has 0 fully saturated rings. The van der Waals surface area contributed by atoms with Crippen molar-refractivity contribution in [3.8, 4) is 11.8 Å². The SMILES string of the molecule is COC(OC)c1ccc(C#C/C=C/C2=C(C)CCCC2(C)C)nc1. The maximum Gasteiger partial charge on any atom is 0.184 e. The number of methoxy groups -OCH3 is 2. The second kappa shape index (κ2) is 8.28. The van der Waals surface area contributed by atoms with Crippen LogP contribution in [0.1, 0.15) is 57.6 Å². The Morgan fingerprint density at radius 1 is 1.25 bits per heavy atom. The number of nitrogens with zero attached hydrogens (tertiary/aromatic N) is 1. The van der Waals surface area contributed by atoms with E-state index in [1.807, 2.05) is 18.2 Å². The van der Waals surface area contributed by atoms with Crippen molar-refractivity contribution in [2.24, 2.45) is 5.41 Å². The Bertz CT molecular complexity index is 668. The van der Waals surface area contributed by atoms with Crippen LogP contribution in [0.5, 0.6) is 0 Å². The third-order valence-corrected chi connectivity index (χ3v) is 4.56. The lowest BCUT2D eigenvalue weighted by Crippen LogP contribution is -2.18. The van der Waals surface area contributed by atoms with Gasteiger partial charge in [0.25, 0.3) is 0 Å². The third kappa shape index (κ3) is 4.56. The molecule has 0 unspecified atom stereocenters. The van der Waals surface area contributed by atoms with Crippen LogP contribution in [-0.2, 0) is 9.47 Å². The van der Waals surface area contributed by atoms with Crippen LogP contribution in [0.3, 0.4) is 0 Å². The van der Waals surface area contributed by atoms with E-state index in [1.54, 1.807) is 20.4 Å². The van der Waals surface area contributed by atoms with Gasteiger partial charge in [-0.2, -0.15) is 0 Å². The van der Waals surface area contributed by atoms with Crippen molar-refractivity contribution in [3.63, 3.8) is 0 Å². The average molecular weight is 325 g/mol. The van der Waals surface area contributed by atoms with Crippen molar-refractivity contribution in [1.82, 2.24) is 4.98 Å². The molecule has 1 aromatic rings. The highest BCUT2D eigenvalue weighted by Crippen LogP contribution is 2.40. The van der Waals surface area contributed by atoms with Gasteiger partial charge in [0.15, 0.2) is 6.29 Å². The van der Waals surface area contributed by atoms with Gasteiger partial charge >= 0.3 is 0 Å². The van der Waals surface area contributed by atoms with Gasteiger partial charge in [0.2, 0.25) is 0 Å². The fourth-order valence-electron chi connectivity index (χ4n) is 3.24. The van der Waals surface area contributed by atoms with Gasteiger partial charge in [0.1, 0.15) is 5.69 Å². The first-order valence-corrected chi connectivity index (χ1v) is 8.38. The minimum atomic E-state index is -0.386. The van der Waals surface area contributed by atoms with E-state index in [-0.39, 0.29) is 11.7 Å². The summed E-state index contributed by atoms with van der Waals surface area (Å²) in [6.45, 7) is 6.85. The van der Waals surface area contributed by atoms with Crippen molar-refractivity contribution < 1.29 is 9.47 Å². The van der Waals surface area contributed by atoms with E-state index in [2.05, 4.69) is 43.7 Å². The highest BCUT2D eigenvalue weighted by molar-refractivity contribution is 5.38. The Hall–Kier alpha value is -1.89. The Morgan fingerprint density at radius 3 is 2.58 bits per heavy atom. The Balaban J connectivity index is 2.08. The highest BCUT2D eigenvalue weighted by atomic mass is 16.7. The quantitative estimate of drug-likeness (QED) is 0.588. The summed E-state index contributed by atoms with van der Waals surface area (Å²) in [4.78, 5) is 4.34. The molecule has 1 aromatic heterocycles. The zero-order valence-corrected chi connectivity index (χ0v) is 15.3. The first-order chi connectivity index (χ1) is 11.5. The molecule has 0 aliphatic heterocycles. The zero-order valence-electron chi connectivity index (χ0n) is 15.3. The molecule has 24 heavy (non-hydrogen) atoms. The first kappa shape index (κ1) is 18.4. The van der Waals surface area contributed by atoms with Crippen molar-refractivity contribution in [1.29, 1.82) is 0 Å². The van der Waals surface area contributed by atoms with Crippen LogP contribution in [-0.4, -0.2) is 19.2 Å². The minimum Gasteiger partial charge on any atom is -0.352 e. The minimum absolute atomic E-state index is 0.246. The van der Waals surface area contributed by atoms with Crippen molar-refractivity contribution in [3.05, 3.63) is 52.9 Å². The number of aromatic nitrogens is 1. The summed E-state index contributed by atoms with van der Waals surface area (Å²) >= 11 is 0. The maximum absolute atomic E-state index is 5.21. The van der Waals surface area contributed by atoms with Gasteiger partial charge in [-0.25, -0.2) is 4.98 Å². The Kier molecular flexibility index (Phi) is 6.36. The monoisotopic (exact) mass is 325 g/mol. The lowest BCUT2D eigenvalue weighted by atomic mass is 9.73. The number of hydrogen-bond acceptors (Lipinski definition) is 3. The number of hydrogen-bond donors (Lipinski definition) is 0. The van der Waals surface area contributed by atoms with Crippen molar-refractivity contribution >= 4 is 0 Å². The molecule has 0 bridgehead atoms. The molecule has 1 heterocycles. The molecule has 1 aliphatic carbocycles. The van der Waals surface area contributed by atoms with Gasteiger partial charge in [-0.15, -0.1) is 0 Å². The number of ether oxygens (including phenoxy) is 2. The summed E-state index contributed by atoms with van der Waals surface area (Å²) in [5.41, 5.74) is 4.77. The molecular formula is C21H27NO2. The summed E-state index contributed by atoms with van der Waals surface area (Å²) in [5, 5.41) is 0. The molecule has 128 valence electrons. The Labute approximate surface area is 145 Å². The molecule has 1 aliphatic rings. The molecule has 0 atom stereocenters. The van der Waals surface area contributed by atoms with Crippen LogP contribution >= 0.6 is 0 Å². The smallest absolute Gasteiger partial charge is 0.184 e. The topological polar surface area (TPSA) is 31.4 Å². The lowest BCUT2D eigenvalue weighted by Gasteiger charge is -2.32. The standard InChI is InChI=1S/C21H27NO2/c1-16-9-8-14-21(2,3)19(16)11-7-6-10-18-13-12-17(15-22-18)20(23-4)24-5/h7,11-13,15,20H,8-9,14H2,1-5H3/b11-7+. The summed E-state index contributed by atoms with van der Waals surface area (Å²) in [6, 6.07) is 3.81. The van der Waals surface area contributed by atoms with E-state index in [0.29, 0.717) is 0 Å². The van der Waals surface area contributed by atoms with Gasteiger partial charge in [0, 0.05) is 26.0 Å². The van der Waals surface area contributed by atoms with Crippen molar-refractivity contribution in [2.45, 2.75) is 46.3 Å². The molecule has 0 spiro atoms. The molecule has 0 radical (unpaired) electrons. The van der Waals surface area contributed by atoms with Gasteiger partial charge < -0.3 is 9.47 Å². The molecule has 3 heteroatoms. The van der Waals surface area contributed by atoms with Gasteiger partial charge in [-0.05, 0) is 61.3 Å². The third-order valence-electron chi connectivity index (χ3n) is 4.56. The number of allylic oxidation sites excluding steroid dienone is 4. The summed E-state index contributed by atoms with van der Waals surface area (Å²) in [5.74, 6) is 6.17. The molecule has 3 nitrogen and oxygen atoms in total. The van der Waals surface area contributed by atoms with E-state index in [1.165, 1.54) is 30.4 Å². The fourth-order valence-corrected chi connectivity index (χ4v) is 3.24. The maximum atomic E-state index is 5.21. The van der Waals surface area contributed by atoms with Crippen LogP contribution in [0.2, 0.25) is 0 Å². The zero-order chi connectivity index (χ0) is 17.6. The molecular weight excluding hydrogens is 298 g/mol. The average Bonchev–Trinajstić information content (AvgIpc) is 2.55. The second-order valence-electron chi connectivity index (χ2n) is 6.81. The van der Waals surface area contributed by atoms with Gasteiger partial charge in [-0.1, -0.05) is 31.4 Å². The van der Waals surface area contributed by atoms with Crippen molar-refractivity contribution in [2.75, 3.05) is 14.2 Å². The molecule has 0 aromatic carbocycles. The van der Waals surface area contributed by atoms with E-state index >= 15 is 0 Å². The summed E-state index contributed by atoms with van der Waals surface area (Å²) in [6.07, 6.45) is 9.17. The molecule has 0 N–H and O–H groups in total. The number of rotatable bonds is 4. The van der Waals surface area contributed by atoms with E-state index in [4.69, 9.17) is 9.47 Å². The first-order valence-electron chi connectivity index (χ1n) is 8.38. The van der Waals surface area contributed by atoms with E-state index in [9.17, 15) is 0 Å². The Morgan fingerprint density at radius 2 is 2.00 bits per heavy atom. The van der Waals surface area contributed by atoms with Gasteiger partial charge in [0.05, 0.1) is 0 Å². The van der Waals surface area contributed by atoms with Gasteiger partial charge in [-0.3, -0.25) is 0 Å². The largest absolute Gasteiger partial charge is 0.352 e. The highest BCUT2D eigenvalue weighted by Gasteiger charge is 2.26. The van der Waals surface area contributed by atoms with E-state index < -0.39 is 0 Å². The van der Waals surface area contributed by atoms with Crippen LogP contribution in [0, 0.1) is 17.3 Å². The lowest BCUT2D eigenvalue weighted by molar-refractivity contribution is -0.106. The molecule has 2 rings (SSSR count). The van der Waals surface area contributed by atoms with Crippen LogP contribution < -0.4 is 0 Å². The predicted octanol–water partition coefficient (Wildman–Crippen LogP) is 4.81. The summed E-state index contributed by atoms with van der Waals surface area (Å²) in [7, 11) is 3.21. The molecule has 0 amide bonds. The predicted molar refractivity (Wildman–Crippen MR) is 97.3 cm³/mol. The fraction of sp³-hybridized carbons (Fsp3) is 0.476. The van der Waals surface area contributed by atoms with Crippen LogP contribution in [0.15, 0.2) is 41.6 Å². The second-order valence-corrected chi connectivity index (χ2v) is 6.81. The number of pyridine rings is 1. The molecule has 0 saturated carbocycles. The van der Waals surface area contributed by atoms with E-state index in [0.717, 1.165) is 11.3 Å². The van der Waals surface area contributed by atoms with Crippen LogP contribution in [0.4, 0.5) is 0 Å². The van der Waals surface area contributed by atoms with Crippen LogP contribution in [0.25, 0.3) is 0 Å². The molecule has 0 saturated heterocycles. The summed E-state index contributed by atoms with van der Waals surface area (Å²) < 4.78 is 10.4.